The highest BCUT2D eigenvalue weighted by Crippen LogP contribution is 2.16. The van der Waals surface area contributed by atoms with Crippen molar-refractivity contribution in [3.05, 3.63) is 41.7 Å². The summed E-state index contributed by atoms with van der Waals surface area (Å²) in [6, 6.07) is 8.44. The number of nitrogens with zero attached hydrogens (tertiary/aromatic N) is 3. The first-order valence-electron chi connectivity index (χ1n) is 6.42. The number of hydrogen-bond donors (Lipinski definition) is 1. The van der Waals surface area contributed by atoms with Crippen molar-refractivity contribution in [2.45, 2.75) is 32.6 Å². The molecule has 0 fully saturated rings. The molecule has 0 aliphatic heterocycles. The fourth-order valence-corrected chi connectivity index (χ4v) is 1.83. The van der Waals surface area contributed by atoms with Crippen LogP contribution in [0.2, 0.25) is 0 Å². The number of rotatable bonds is 5. The van der Waals surface area contributed by atoms with Gasteiger partial charge in [-0.05, 0) is 43.0 Å². The molecule has 0 unspecified atom stereocenters. The normalized spacial score (nSPS) is 11.1. The fourth-order valence-electron chi connectivity index (χ4n) is 1.83. The van der Waals surface area contributed by atoms with Gasteiger partial charge in [-0.15, -0.1) is 5.10 Å². The van der Waals surface area contributed by atoms with Crippen molar-refractivity contribution in [1.82, 2.24) is 15.0 Å². The Balaban J connectivity index is 2.13. The van der Waals surface area contributed by atoms with Crippen molar-refractivity contribution in [1.29, 1.82) is 0 Å². The van der Waals surface area contributed by atoms with Crippen LogP contribution in [0.15, 0.2) is 30.5 Å². The zero-order valence-corrected chi connectivity index (χ0v) is 11.0. The molecular weight excluding hydrogens is 224 g/mol. The molecule has 0 atom stereocenters. The Morgan fingerprint density at radius 2 is 1.94 bits per heavy atom. The van der Waals surface area contributed by atoms with Gasteiger partial charge in [-0.1, -0.05) is 31.2 Å². The van der Waals surface area contributed by atoms with Crippen LogP contribution in [0.4, 0.5) is 0 Å². The molecule has 0 aliphatic rings. The molecule has 18 heavy (non-hydrogen) atoms. The topological polar surface area (TPSA) is 56.7 Å². The summed E-state index contributed by atoms with van der Waals surface area (Å²) in [6.07, 6.45) is 3.81. The quantitative estimate of drug-likeness (QED) is 0.878. The molecule has 0 spiro atoms. The number of aromatic nitrogens is 3. The van der Waals surface area contributed by atoms with E-state index in [9.17, 15) is 0 Å². The zero-order chi connectivity index (χ0) is 13.0. The Morgan fingerprint density at radius 3 is 2.56 bits per heavy atom. The average molecular weight is 244 g/mol. The molecule has 0 saturated carbocycles. The second-order valence-electron chi connectivity index (χ2n) is 4.79. The SMILES string of the molecule is CC(C)c1ccc(-n2cc(CCCN)nn2)cc1. The maximum Gasteiger partial charge on any atom is 0.0832 e. The molecule has 4 nitrogen and oxygen atoms in total. The molecule has 0 saturated heterocycles. The first-order chi connectivity index (χ1) is 8.70. The number of benzene rings is 1. The maximum absolute atomic E-state index is 5.48. The van der Waals surface area contributed by atoms with Crippen LogP contribution in [0.3, 0.4) is 0 Å². The number of hydrogen-bond acceptors (Lipinski definition) is 3. The predicted octanol–water partition coefficient (Wildman–Crippen LogP) is 2.28. The van der Waals surface area contributed by atoms with E-state index in [1.165, 1.54) is 5.56 Å². The molecular formula is C14H20N4. The van der Waals surface area contributed by atoms with Crippen LogP contribution in [-0.2, 0) is 6.42 Å². The van der Waals surface area contributed by atoms with Crippen LogP contribution in [0.5, 0.6) is 0 Å². The Kier molecular flexibility index (Phi) is 4.10. The maximum atomic E-state index is 5.48. The fraction of sp³-hybridized carbons (Fsp3) is 0.429. The van der Waals surface area contributed by atoms with Crippen LogP contribution < -0.4 is 5.73 Å². The highest BCUT2D eigenvalue weighted by Gasteiger charge is 2.03. The van der Waals surface area contributed by atoms with E-state index in [2.05, 4.69) is 48.4 Å². The third-order valence-corrected chi connectivity index (χ3v) is 3.00. The molecule has 96 valence electrons. The van der Waals surface area contributed by atoms with Crippen LogP contribution >= 0.6 is 0 Å². The number of aryl methyl sites for hydroxylation is 1. The van der Waals surface area contributed by atoms with E-state index in [1.807, 2.05) is 10.9 Å². The minimum atomic E-state index is 0.551. The highest BCUT2D eigenvalue weighted by atomic mass is 15.4. The lowest BCUT2D eigenvalue weighted by Crippen LogP contribution is -2.00. The minimum absolute atomic E-state index is 0.551. The van der Waals surface area contributed by atoms with Gasteiger partial charge in [-0.3, -0.25) is 0 Å². The summed E-state index contributed by atoms with van der Waals surface area (Å²) in [6.45, 7) is 5.07. The molecule has 2 N–H and O–H groups in total. The lowest BCUT2D eigenvalue weighted by molar-refractivity contribution is 0.778. The van der Waals surface area contributed by atoms with Crippen LogP contribution in [0, 0.1) is 0 Å². The van der Waals surface area contributed by atoms with Crippen molar-refractivity contribution >= 4 is 0 Å². The van der Waals surface area contributed by atoms with Crippen LogP contribution in [-0.4, -0.2) is 21.5 Å². The molecule has 0 aliphatic carbocycles. The molecule has 1 heterocycles. The third-order valence-electron chi connectivity index (χ3n) is 3.00. The van der Waals surface area contributed by atoms with E-state index in [4.69, 9.17) is 5.73 Å². The molecule has 1 aromatic heterocycles. The van der Waals surface area contributed by atoms with Gasteiger partial charge in [-0.25, -0.2) is 4.68 Å². The first kappa shape index (κ1) is 12.8. The van der Waals surface area contributed by atoms with E-state index in [-0.39, 0.29) is 0 Å². The Labute approximate surface area is 108 Å². The van der Waals surface area contributed by atoms with Crippen molar-refractivity contribution in [2.75, 3.05) is 6.54 Å². The minimum Gasteiger partial charge on any atom is -0.330 e. The van der Waals surface area contributed by atoms with Crippen molar-refractivity contribution < 1.29 is 0 Å². The van der Waals surface area contributed by atoms with Crippen molar-refractivity contribution in [2.24, 2.45) is 5.73 Å². The molecule has 4 heteroatoms. The van der Waals surface area contributed by atoms with Gasteiger partial charge in [0.1, 0.15) is 0 Å². The monoisotopic (exact) mass is 244 g/mol. The summed E-state index contributed by atoms with van der Waals surface area (Å²) in [7, 11) is 0. The second kappa shape index (κ2) is 5.78. The van der Waals surface area contributed by atoms with E-state index in [0.717, 1.165) is 24.2 Å². The van der Waals surface area contributed by atoms with Gasteiger partial charge >= 0.3 is 0 Å². The van der Waals surface area contributed by atoms with E-state index < -0.39 is 0 Å². The van der Waals surface area contributed by atoms with E-state index in [0.29, 0.717) is 12.5 Å². The summed E-state index contributed by atoms with van der Waals surface area (Å²) < 4.78 is 1.82. The first-order valence-corrected chi connectivity index (χ1v) is 6.42. The summed E-state index contributed by atoms with van der Waals surface area (Å²) in [5.74, 6) is 0.551. The largest absolute Gasteiger partial charge is 0.330 e. The Hall–Kier alpha value is -1.68. The molecule has 2 rings (SSSR count). The lowest BCUT2D eigenvalue weighted by Gasteiger charge is -2.06. The second-order valence-corrected chi connectivity index (χ2v) is 4.79. The van der Waals surface area contributed by atoms with Crippen molar-refractivity contribution in [3.63, 3.8) is 0 Å². The van der Waals surface area contributed by atoms with Crippen LogP contribution in [0.25, 0.3) is 5.69 Å². The van der Waals surface area contributed by atoms with E-state index in [1.54, 1.807) is 0 Å². The van der Waals surface area contributed by atoms with Gasteiger partial charge in [0.25, 0.3) is 0 Å². The van der Waals surface area contributed by atoms with Gasteiger partial charge < -0.3 is 5.73 Å². The van der Waals surface area contributed by atoms with Gasteiger partial charge in [0.15, 0.2) is 0 Å². The van der Waals surface area contributed by atoms with Gasteiger partial charge in [0, 0.05) is 0 Å². The summed E-state index contributed by atoms with van der Waals surface area (Å²) >= 11 is 0. The molecule has 1 aromatic carbocycles. The predicted molar refractivity (Wildman–Crippen MR) is 72.8 cm³/mol. The molecule has 2 aromatic rings. The van der Waals surface area contributed by atoms with Gasteiger partial charge in [-0.2, -0.15) is 0 Å². The highest BCUT2D eigenvalue weighted by molar-refractivity contribution is 5.34. The summed E-state index contributed by atoms with van der Waals surface area (Å²) in [4.78, 5) is 0. The Bertz CT molecular complexity index is 485. The summed E-state index contributed by atoms with van der Waals surface area (Å²) in [5.41, 5.74) is 8.86. The van der Waals surface area contributed by atoms with Crippen LogP contribution in [0.1, 0.15) is 37.4 Å². The summed E-state index contributed by atoms with van der Waals surface area (Å²) in [5, 5.41) is 8.28. The standard InChI is InChI=1S/C14H20N4/c1-11(2)12-5-7-14(8-6-12)18-10-13(16-17-18)4-3-9-15/h5-8,10-11H,3-4,9,15H2,1-2H3. The van der Waals surface area contributed by atoms with E-state index >= 15 is 0 Å². The lowest BCUT2D eigenvalue weighted by atomic mass is 10.0. The van der Waals surface area contributed by atoms with Crippen molar-refractivity contribution in [3.8, 4) is 5.69 Å². The Morgan fingerprint density at radius 1 is 1.22 bits per heavy atom. The number of nitrogens with two attached hydrogens (primary N) is 1. The van der Waals surface area contributed by atoms with Gasteiger partial charge in [0.05, 0.1) is 17.6 Å². The third kappa shape index (κ3) is 2.96. The molecule has 0 radical (unpaired) electrons. The molecule has 0 amide bonds. The molecule has 0 bridgehead atoms. The smallest absolute Gasteiger partial charge is 0.0832 e. The average Bonchev–Trinajstić information content (AvgIpc) is 2.85. The zero-order valence-electron chi connectivity index (χ0n) is 11.0. The van der Waals surface area contributed by atoms with Gasteiger partial charge in [0.2, 0.25) is 0 Å².